The van der Waals surface area contributed by atoms with Gasteiger partial charge >= 0.3 is 0 Å². The molecule has 0 aliphatic carbocycles. The number of likely N-dealkylation sites (N-methyl/N-ethyl adjacent to an activating group) is 1. The summed E-state index contributed by atoms with van der Waals surface area (Å²) in [4.78, 5) is 17.0. The van der Waals surface area contributed by atoms with Crippen molar-refractivity contribution in [3.05, 3.63) is 59.2 Å². The fourth-order valence-electron chi connectivity index (χ4n) is 3.12. The monoisotopic (exact) mass is 324 g/mol. The Kier molecular flexibility index (Phi) is 4.47. The third-order valence-electron chi connectivity index (χ3n) is 4.67. The van der Waals surface area contributed by atoms with Crippen molar-refractivity contribution in [2.24, 2.45) is 0 Å². The molecule has 3 rings (SSSR count). The largest absolute Gasteiger partial charge is 0.507 e. The summed E-state index contributed by atoms with van der Waals surface area (Å²) in [7, 11) is 2.05. The number of phenols is 1. The van der Waals surface area contributed by atoms with Crippen molar-refractivity contribution in [3.8, 4) is 5.75 Å². The van der Waals surface area contributed by atoms with E-state index in [0.717, 1.165) is 23.4 Å². The van der Waals surface area contributed by atoms with Crippen molar-refractivity contribution in [2.75, 3.05) is 25.0 Å². The lowest BCUT2D eigenvalue weighted by Crippen LogP contribution is -2.34. The molecule has 4 heteroatoms. The standard InChI is InChI=1S/C20H24N2O2/c1-14(2)15-8-9-19(23)17(12-15)20(24)22-11-10-21(3)18-7-5-4-6-16(18)13-22/h4-9,12,14,23H,10-11,13H2,1-3H3. The molecule has 0 radical (unpaired) electrons. The van der Waals surface area contributed by atoms with Gasteiger partial charge in [0.1, 0.15) is 5.75 Å². The first kappa shape index (κ1) is 16.4. The number of benzene rings is 2. The number of carbonyl (C=O) groups is 1. The van der Waals surface area contributed by atoms with E-state index in [1.807, 2.05) is 36.2 Å². The van der Waals surface area contributed by atoms with Crippen LogP contribution in [0.25, 0.3) is 0 Å². The van der Waals surface area contributed by atoms with Gasteiger partial charge in [0.05, 0.1) is 5.56 Å². The topological polar surface area (TPSA) is 43.8 Å². The maximum atomic E-state index is 13.0. The number of fused-ring (bicyclic) bond motifs is 1. The van der Waals surface area contributed by atoms with Crippen molar-refractivity contribution in [3.63, 3.8) is 0 Å². The van der Waals surface area contributed by atoms with Crippen LogP contribution in [0.1, 0.15) is 41.3 Å². The van der Waals surface area contributed by atoms with Gasteiger partial charge in [-0.1, -0.05) is 38.1 Å². The molecule has 0 atom stereocenters. The highest BCUT2D eigenvalue weighted by atomic mass is 16.3. The van der Waals surface area contributed by atoms with Crippen LogP contribution < -0.4 is 4.90 Å². The van der Waals surface area contributed by atoms with E-state index < -0.39 is 0 Å². The van der Waals surface area contributed by atoms with Gasteiger partial charge in [0.15, 0.2) is 0 Å². The minimum atomic E-state index is -0.111. The lowest BCUT2D eigenvalue weighted by molar-refractivity contribution is 0.0748. The zero-order valence-corrected chi connectivity index (χ0v) is 14.5. The first-order valence-electron chi connectivity index (χ1n) is 8.38. The lowest BCUT2D eigenvalue weighted by atomic mass is 9.99. The number of para-hydroxylation sites is 1. The van der Waals surface area contributed by atoms with Crippen molar-refractivity contribution in [1.29, 1.82) is 0 Å². The maximum Gasteiger partial charge on any atom is 0.257 e. The van der Waals surface area contributed by atoms with E-state index in [1.165, 1.54) is 0 Å². The van der Waals surface area contributed by atoms with E-state index in [4.69, 9.17) is 0 Å². The molecular formula is C20H24N2O2. The Morgan fingerprint density at radius 1 is 1.12 bits per heavy atom. The third kappa shape index (κ3) is 3.09. The van der Waals surface area contributed by atoms with Gasteiger partial charge in [-0.15, -0.1) is 0 Å². The van der Waals surface area contributed by atoms with E-state index in [1.54, 1.807) is 6.07 Å². The van der Waals surface area contributed by atoms with Gasteiger partial charge in [0.2, 0.25) is 0 Å². The van der Waals surface area contributed by atoms with E-state index >= 15 is 0 Å². The molecule has 1 aliphatic rings. The minimum Gasteiger partial charge on any atom is -0.507 e. The number of anilines is 1. The first-order valence-corrected chi connectivity index (χ1v) is 8.38. The van der Waals surface area contributed by atoms with Crippen LogP contribution in [0, 0.1) is 0 Å². The van der Waals surface area contributed by atoms with E-state index in [0.29, 0.717) is 24.6 Å². The van der Waals surface area contributed by atoms with Gasteiger partial charge in [0.25, 0.3) is 5.91 Å². The molecule has 0 fully saturated rings. The second-order valence-corrected chi connectivity index (χ2v) is 6.71. The summed E-state index contributed by atoms with van der Waals surface area (Å²) in [5, 5.41) is 10.2. The van der Waals surface area contributed by atoms with Crippen LogP contribution in [0.4, 0.5) is 5.69 Å². The summed E-state index contributed by atoms with van der Waals surface area (Å²) in [6, 6.07) is 13.5. The number of hydrogen-bond acceptors (Lipinski definition) is 3. The molecule has 1 amide bonds. The van der Waals surface area contributed by atoms with Crippen molar-refractivity contribution in [2.45, 2.75) is 26.3 Å². The number of hydrogen-bond donors (Lipinski definition) is 1. The van der Waals surface area contributed by atoms with E-state index in [-0.39, 0.29) is 11.7 Å². The van der Waals surface area contributed by atoms with Gasteiger partial charge < -0.3 is 14.9 Å². The average molecular weight is 324 g/mol. The first-order chi connectivity index (χ1) is 11.5. The third-order valence-corrected chi connectivity index (χ3v) is 4.67. The summed E-state index contributed by atoms with van der Waals surface area (Å²) in [6.45, 7) is 6.13. The molecule has 0 unspecified atom stereocenters. The summed E-state index contributed by atoms with van der Waals surface area (Å²) in [5.41, 5.74) is 3.74. The number of phenolic OH excluding ortho intramolecular Hbond substituents is 1. The smallest absolute Gasteiger partial charge is 0.257 e. The quantitative estimate of drug-likeness (QED) is 0.918. The molecule has 0 saturated carbocycles. The summed E-state index contributed by atoms with van der Waals surface area (Å²) in [5.74, 6) is 0.253. The molecule has 2 aromatic carbocycles. The highest BCUT2D eigenvalue weighted by Gasteiger charge is 2.24. The van der Waals surface area contributed by atoms with E-state index in [9.17, 15) is 9.90 Å². The van der Waals surface area contributed by atoms with Crippen LogP contribution in [-0.4, -0.2) is 36.1 Å². The van der Waals surface area contributed by atoms with Gasteiger partial charge in [-0.3, -0.25) is 4.79 Å². The van der Waals surface area contributed by atoms with Crippen LogP contribution in [0.3, 0.4) is 0 Å². The summed E-state index contributed by atoms with van der Waals surface area (Å²) in [6.07, 6.45) is 0. The lowest BCUT2D eigenvalue weighted by Gasteiger charge is -2.22. The Bertz CT molecular complexity index is 755. The molecule has 24 heavy (non-hydrogen) atoms. The number of carbonyl (C=O) groups excluding carboxylic acids is 1. The highest BCUT2D eigenvalue weighted by Crippen LogP contribution is 2.28. The summed E-state index contributed by atoms with van der Waals surface area (Å²) >= 11 is 0. The Morgan fingerprint density at radius 3 is 2.62 bits per heavy atom. The average Bonchev–Trinajstić information content (AvgIpc) is 2.74. The molecule has 1 aliphatic heterocycles. The normalized spacial score (nSPS) is 14.5. The van der Waals surface area contributed by atoms with Gasteiger partial charge in [0, 0.05) is 32.4 Å². The number of amides is 1. The van der Waals surface area contributed by atoms with Crippen molar-refractivity contribution < 1.29 is 9.90 Å². The van der Waals surface area contributed by atoms with E-state index in [2.05, 4.69) is 30.9 Å². The Morgan fingerprint density at radius 2 is 1.88 bits per heavy atom. The number of nitrogens with zero attached hydrogens (tertiary/aromatic N) is 2. The van der Waals surface area contributed by atoms with Crippen LogP contribution in [0.2, 0.25) is 0 Å². The SMILES string of the molecule is CC(C)c1ccc(O)c(C(=O)N2CCN(C)c3ccccc3C2)c1. The Labute approximate surface area is 143 Å². The molecule has 0 saturated heterocycles. The fourth-order valence-corrected chi connectivity index (χ4v) is 3.12. The van der Waals surface area contributed by atoms with Gasteiger partial charge in [-0.2, -0.15) is 0 Å². The molecule has 2 aromatic rings. The molecule has 1 N–H and O–H groups in total. The second kappa shape index (κ2) is 6.56. The Balaban J connectivity index is 1.92. The number of aromatic hydroxyl groups is 1. The number of rotatable bonds is 2. The molecule has 126 valence electrons. The molecular weight excluding hydrogens is 300 g/mol. The van der Waals surface area contributed by atoms with Crippen LogP contribution in [-0.2, 0) is 6.54 Å². The fraction of sp³-hybridized carbons (Fsp3) is 0.350. The molecule has 4 nitrogen and oxygen atoms in total. The predicted molar refractivity (Wildman–Crippen MR) is 96.6 cm³/mol. The van der Waals surface area contributed by atoms with Crippen LogP contribution in [0.15, 0.2) is 42.5 Å². The maximum absolute atomic E-state index is 13.0. The molecule has 0 bridgehead atoms. The second-order valence-electron chi connectivity index (χ2n) is 6.71. The predicted octanol–water partition coefficient (Wildman–Crippen LogP) is 3.61. The zero-order chi connectivity index (χ0) is 17.3. The van der Waals surface area contributed by atoms with Crippen LogP contribution >= 0.6 is 0 Å². The van der Waals surface area contributed by atoms with Gasteiger partial charge in [-0.25, -0.2) is 0 Å². The van der Waals surface area contributed by atoms with Crippen molar-refractivity contribution >= 4 is 11.6 Å². The molecule has 1 heterocycles. The summed E-state index contributed by atoms with van der Waals surface area (Å²) < 4.78 is 0. The van der Waals surface area contributed by atoms with Crippen molar-refractivity contribution in [1.82, 2.24) is 4.90 Å². The zero-order valence-electron chi connectivity index (χ0n) is 14.5. The minimum absolute atomic E-state index is 0.0512. The van der Waals surface area contributed by atoms with Gasteiger partial charge in [-0.05, 0) is 35.2 Å². The Hall–Kier alpha value is -2.49. The highest BCUT2D eigenvalue weighted by molar-refractivity contribution is 5.97. The van der Waals surface area contributed by atoms with Crippen LogP contribution in [0.5, 0.6) is 5.75 Å². The molecule has 0 aromatic heterocycles. The molecule has 0 spiro atoms.